The molecule has 3 fully saturated rings. The maximum Gasteiger partial charge on any atom is 0.309 e. The molecule has 37 heavy (non-hydrogen) atoms. The zero-order valence-corrected chi connectivity index (χ0v) is 23.3. The fourth-order valence-corrected chi connectivity index (χ4v) is 8.17. The van der Waals surface area contributed by atoms with Crippen LogP contribution in [0.15, 0.2) is 9.70 Å². The van der Waals surface area contributed by atoms with Gasteiger partial charge >= 0.3 is 5.97 Å². The Labute approximate surface area is 225 Å². The van der Waals surface area contributed by atoms with E-state index in [1.165, 1.54) is 9.47 Å². The SMILES string of the molecule is CCOC(=O)C1CCN(c2c(/C=C3\SC(=S)N(C4CCS(=O)(=O)C4)C3=O)c(C)c(C#N)c(=O)n2C)CC1. The first-order chi connectivity index (χ1) is 17.5. The van der Waals surface area contributed by atoms with E-state index in [1.807, 2.05) is 11.0 Å². The largest absolute Gasteiger partial charge is 0.466 e. The van der Waals surface area contributed by atoms with Gasteiger partial charge in [-0.2, -0.15) is 5.26 Å². The molecular formula is C24H28N4O6S3. The van der Waals surface area contributed by atoms with Crippen molar-refractivity contribution in [1.29, 1.82) is 5.26 Å². The Balaban J connectivity index is 1.72. The minimum atomic E-state index is -3.21. The molecule has 4 rings (SSSR count). The lowest BCUT2D eigenvalue weighted by Gasteiger charge is -2.35. The summed E-state index contributed by atoms with van der Waals surface area (Å²) in [5.74, 6) is -0.385. The monoisotopic (exact) mass is 564 g/mol. The molecule has 1 aromatic heterocycles. The van der Waals surface area contributed by atoms with Crippen molar-refractivity contribution in [3.05, 3.63) is 31.9 Å². The van der Waals surface area contributed by atoms with Crippen LogP contribution in [-0.2, 0) is 31.2 Å². The van der Waals surface area contributed by atoms with Crippen LogP contribution < -0.4 is 10.5 Å². The number of nitriles is 1. The number of aromatic nitrogens is 1. The molecule has 0 N–H and O–H groups in total. The summed E-state index contributed by atoms with van der Waals surface area (Å²) in [6.45, 7) is 4.74. The van der Waals surface area contributed by atoms with Gasteiger partial charge in [0.2, 0.25) is 0 Å². The summed E-state index contributed by atoms with van der Waals surface area (Å²) < 4.78 is 30.8. The average molecular weight is 565 g/mol. The Hall–Kier alpha value is -2.69. The van der Waals surface area contributed by atoms with E-state index >= 15 is 0 Å². The van der Waals surface area contributed by atoms with Crippen LogP contribution in [0.3, 0.4) is 0 Å². The van der Waals surface area contributed by atoms with E-state index < -0.39 is 21.4 Å². The van der Waals surface area contributed by atoms with Crippen LogP contribution in [0.1, 0.15) is 42.9 Å². The number of anilines is 1. The number of hydrogen-bond acceptors (Lipinski definition) is 10. The molecule has 1 unspecified atom stereocenters. The number of hydrogen-bond donors (Lipinski definition) is 0. The second-order valence-corrected chi connectivity index (χ2v) is 13.2. The first-order valence-electron chi connectivity index (χ1n) is 12.0. The maximum atomic E-state index is 13.4. The van der Waals surface area contributed by atoms with Crippen LogP contribution in [0, 0.1) is 24.2 Å². The summed E-state index contributed by atoms with van der Waals surface area (Å²) >= 11 is 6.52. The Bertz CT molecular complexity index is 1400. The second-order valence-electron chi connectivity index (χ2n) is 9.34. The van der Waals surface area contributed by atoms with Gasteiger partial charge in [-0.3, -0.25) is 23.9 Å². The maximum absolute atomic E-state index is 13.4. The zero-order valence-electron chi connectivity index (χ0n) is 20.9. The number of carbonyl (C=O) groups excluding carboxylic acids is 2. The minimum absolute atomic E-state index is 0.0173. The van der Waals surface area contributed by atoms with Gasteiger partial charge in [-0.15, -0.1) is 0 Å². The van der Waals surface area contributed by atoms with Gasteiger partial charge in [0.25, 0.3) is 11.5 Å². The fraction of sp³-hybridized carbons (Fsp3) is 0.542. The smallest absolute Gasteiger partial charge is 0.309 e. The molecule has 198 valence electrons. The lowest BCUT2D eigenvalue weighted by Crippen LogP contribution is -2.40. The third-order valence-corrected chi connectivity index (χ3v) is 10.1. The molecule has 3 aliphatic rings. The van der Waals surface area contributed by atoms with Crippen molar-refractivity contribution in [2.24, 2.45) is 13.0 Å². The molecule has 0 aliphatic carbocycles. The highest BCUT2D eigenvalue weighted by Gasteiger charge is 2.42. The van der Waals surface area contributed by atoms with Crippen molar-refractivity contribution in [3.8, 4) is 6.07 Å². The highest BCUT2D eigenvalue weighted by atomic mass is 32.2. The van der Waals surface area contributed by atoms with Crippen molar-refractivity contribution in [3.63, 3.8) is 0 Å². The first-order valence-corrected chi connectivity index (χ1v) is 15.1. The van der Waals surface area contributed by atoms with Crippen molar-refractivity contribution < 1.29 is 22.7 Å². The summed E-state index contributed by atoms with van der Waals surface area (Å²) in [5, 5.41) is 9.68. The van der Waals surface area contributed by atoms with Crippen molar-refractivity contribution in [2.75, 3.05) is 36.1 Å². The Morgan fingerprint density at radius 3 is 2.51 bits per heavy atom. The molecule has 0 saturated carbocycles. The van der Waals surface area contributed by atoms with Gasteiger partial charge in [0.1, 0.15) is 21.8 Å². The lowest BCUT2D eigenvalue weighted by atomic mass is 9.95. The summed E-state index contributed by atoms with van der Waals surface area (Å²) in [5.41, 5.74) is 0.536. The molecule has 0 aromatic carbocycles. The number of nitrogens with zero attached hydrogens (tertiary/aromatic N) is 4. The Morgan fingerprint density at radius 1 is 1.27 bits per heavy atom. The second kappa shape index (κ2) is 10.6. The number of piperidine rings is 1. The highest BCUT2D eigenvalue weighted by Crippen LogP contribution is 2.38. The molecule has 0 radical (unpaired) electrons. The minimum Gasteiger partial charge on any atom is -0.466 e. The standard InChI is InChI=1S/C24H28N4O6S3/c1-4-34-23(31)15-5-8-27(9-6-15)20-17(14(2)18(12-25)21(29)26(20)3)11-19-22(30)28(24(35)36-19)16-7-10-37(32,33)13-16/h11,15-16H,4-10,13H2,1-3H3/b19-11-. The van der Waals surface area contributed by atoms with Gasteiger partial charge in [-0.1, -0.05) is 24.0 Å². The third-order valence-electron chi connectivity index (χ3n) is 7.05. The lowest BCUT2D eigenvalue weighted by molar-refractivity contribution is -0.148. The number of pyridine rings is 1. The number of esters is 1. The highest BCUT2D eigenvalue weighted by molar-refractivity contribution is 8.26. The molecule has 4 heterocycles. The first kappa shape index (κ1) is 27.3. The van der Waals surface area contributed by atoms with Gasteiger partial charge in [-0.05, 0) is 44.7 Å². The van der Waals surface area contributed by atoms with Gasteiger partial charge in [0, 0.05) is 25.7 Å². The predicted octanol–water partition coefficient (Wildman–Crippen LogP) is 1.73. The summed E-state index contributed by atoms with van der Waals surface area (Å²) in [6, 6.07) is 1.48. The number of thioether (sulfide) groups is 1. The Kier molecular flexibility index (Phi) is 7.83. The van der Waals surface area contributed by atoms with E-state index in [0.29, 0.717) is 60.8 Å². The van der Waals surface area contributed by atoms with Crippen LogP contribution in [0.5, 0.6) is 0 Å². The third kappa shape index (κ3) is 5.19. The molecule has 0 bridgehead atoms. The normalized spacial score (nSPS) is 23.1. The molecule has 0 spiro atoms. The molecule has 1 atom stereocenters. The van der Waals surface area contributed by atoms with Crippen molar-refractivity contribution in [1.82, 2.24) is 9.47 Å². The summed E-state index contributed by atoms with van der Waals surface area (Å²) in [6.07, 6.45) is 3.07. The van der Waals surface area contributed by atoms with Crippen LogP contribution in [-0.4, -0.2) is 71.3 Å². The van der Waals surface area contributed by atoms with Crippen LogP contribution in [0.25, 0.3) is 6.08 Å². The number of thiocarbonyl (C=S) groups is 1. The molecule has 3 saturated heterocycles. The summed E-state index contributed by atoms with van der Waals surface area (Å²) in [4.78, 5) is 42.2. The number of ether oxygens (including phenoxy) is 1. The molecule has 10 nitrogen and oxygen atoms in total. The van der Waals surface area contributed by atoms with Crippen LogP contribution in [0.4, 0.5) is 5.82 Å². The molecule has 13 heteroatoms. The molecule has 1 amide bonds. The van der Waals surface area contributed by atoms with E-state index in [9.17, 15) is 28.1 Å². The number of amides is 1. The summed E-state index contributed by atoms with van der Waals surface area (Å²) in [7, 11) is -1.63. The zero-order chi connectivity index (χ0) is 27.1. The van der Waals surface area contributed by atoms with E-state index in [0.717, 1.165) is 11.8 Å². The fourth-order valence-electron chi connectivity index (χ4n) is 5.09. The molecule has 1 aromatic rings. The topological polar surface area (TPSA) is 130 Å². The van der Waals surface area contributed by atoms with E-state index in [1.54, 1.807) is 27.0 Å². The van der Waals surface area contributed by atoms with Gasteiger partial charge in [0.15, 0.2) is 9.84 Å². The van der Waals surface area contributed by atoms with Gasteiger partial charge in [0.05, 0.1) is 35.0 Å². The number of carbonyl (C=O) groups is 2. The van der Waals surface area contributed by atoms with Crippen LogP contribution >= 0.6 is 24.0 Å². The van der Waals surface area contributed by atoms with E-state index in [2.05, 4.69) is 0 Å². The van der Waals surface area contributed by atoms with Gasteiger partial charge < -0.3 is 9.64 Å². The average Bonchev–Trinajstić information content (AvgIpc) is 3.35. The number of rotatable bonds is 5. The van der Waals surface area contributed by atoms with Gasteiger partial charge in [-0.25, -0.2) is 8.42 Å². The van der Waals surface area contributed by atoms with E-state index in [4.69, 9.17) is 17.0 Å². The predicted molar refractivity (Wildman–Crippen MR) is 145 cm³/mol. The molecular weight excluding hydrogens is 536 g/mol. The molecule has 3 aliphatic heterocycles. The van der Waals surface area contributed by atoms with Crippen molar-refractivity contribution in [2.45, 2.75) is 39.2 Å². The number of sulfone groups is 1. The van der Waals surface area contributed by atoms with Crippen molar-refractivity contribution >= 4 is 61.9 Å². The van der Waals surface area contributed by atoms with Crippen LogP contribution in [0.2, 0.25) is 0 Å². The Morgan fingerprint density at radius 2 is 1.95 bits per heavy atom. The quantitative estimate of drug-likeness (QED) is 0.296. The van der Waals surface area contributed by atoms with E-state index in [-0.39, 0.29) is 39.2 Å².